The molecule has 0 aliphatic rings. The van der Waals surface area contributed by atoms with E-state index in [2.05, 4.69) is 4.99 Å². The molecule has 0 aliphatic carbocycles. The average Bonchev–Trinajstić information content (AvgIpc) is 2.28. The highest BCUT2D eigenvalue weighted by atomic mass is 16.6. The molecule has 0 fully saturated rings. The first-order valence-corrected chi connectivity index (χ1v) is 5.54. The van der Waals surface area contributed by atoms with Crippen LogP contribution < -0.4 is 0 Å². The predicted octanol–water partition coefficient (Wildman–Crippen LogP) is 3.74. The average molecular weight is 232 g/mol. The number of hydrogen-bond acceptors (Lipinski definition) is 3. The van der Waals surface area contributed by atoms with Gasteiger partial charge in [-0.1, -0.05) is 13.0 Å². The van der Waals surface area contributed by atoms with Gasteiger partial charge in [0.1, 0.15) is 0 Å². The molecule has 0 radical (unpaired) electrons. The van der Waals surface area contributed by atoms with Gasteiger partial charge in [-0.25, -0.2) is 0 Å². The number of nitro groups is 1. The lowest BCUT2D eigenvalue weighted by atomic mass is 10.1. The summed E-state index contributed by atoms with van der Waals surface area (Å²) < 4.78 is 0. The van der Waals surface area contributed by atoms with Crippen LogP contribution in [0.5, 0.6) is 0 Å². The molecule has 0 amide bonds. The van der Waals surface area contributed by atoms with Crippen LogP contribution in [0.4, 0.5) is 5.69 Å². The highest BCUT2D eigenvalue weighted by Gasteiger charge is 2.11. The van der Waals surface area contributed by atoms with Crippen molar-refractivity contribution in [2.24, 2.45) is 4.99 Å². The van der Waals surface area contributed by atoms with Crippen molar-refractivity contribution in [3.8, 4) is 0 Å². The van der Waals surface area contributed by atoms with E-state index < -0.39 is 0 Å². The molecule has 1 aromatic carbocycles. The number of aryl methyl sites for hydroxylation is 1. The Morgan fingerprint density at radius 2 is 2.24 bits per heavy atom. The zero-order valence-electron chi connectivity index (χ0n) is 10.3. The summed E-state index contributed by atoms with van der Waals surface area (Å²) in [6, 6.07) is 5.06. The molecule has 17 heavy (non-hydrogen) atoms. The van der Waals surface area contributed by atoms with Gasteiger partial charge in [-0.05, 0) is 32.4 Å². The lowest BCUT2D eigenvalue weighted by Crippen LogP contribution is -1.93. The zero-order valence-corrected chi connectivity index (χ0v) is 10.3. The van der Waals surface area contributed by atoms with Crippen LogP contribution in [-0.2, 0) is 0 Å². The van der Waals surface area contributed by atoms with Crippen LogP contribution >= 0.6 is 0 Å². The lowest BCUT2D eigenvalue weighted by Gasteiger charge is -2.04. The van der Waals surface area contributed by atoms with Crippen molar-refractivity contribution in [3.05, 3.63) is 45.5 Å². The Morgan fingerprint density at radius 1 is 1.53 bits per heavy atom. The molecule has 0 aromatic heterocycles. The number of nitrogens with zero attached hydrogens (tertiary/aromatic N) is 2. The molecule has 1 rings (SSSR count). The summed E-state index contributed by atoms with van der Waals surface area (Å²) in [5.41, 5.74) is 2.56. The predicted molar refractivity (Wildman–Crippen MR) is 70.3 cm³/mol. The van der Waals surface area contributed by atoms with E-state index >= 15 is 0 Å². The highest BCUT2D eigenvalue weighted by Crippen LogP contribution is 2.24. The Hall–Kier alpha value is -1.97. The second kappa shape index (κ2) is 5.94. The Bertz CT molecular complexity index is 476. The molecule has 4 heteroatoms. The van der Waals surface area contributed by atoms with Crippen LogP contribution in [0.1, 0.15) is 31.4 Å². The fraction of sp³-hybridized carbons (Fsp3) is 0.308. The minimum atomic E-state index is -0.370. The molecule has 4 nitrogen and oxygen atoms in total. The van der Waals surface area contributed by atoms with Crippen LogP contribution in [0.3, 0.4) is 0 Å². The first kappa shape index (κ1) is 13.1. The van der Waals surface area contributed by atoms with E-state index in [1.165, 1.54) is 6.07 Å². The summed E-state index contributed by atoms with van der Waals surface area (Å²) in [4.78, 5) is 14.6. The summed E-state index contributed by atoms with van der Waals surface area (Å²) in [5, 5.41) is 10.7. The monoisotopic (exact) mass is 232 g/mol. The maximum absolute atomic E-state index is 10.7. The minimum Gasteiger partial charge on any atom is -0.261 e. The van der Waals surface area contributed by atoms with Gasteiger partial charge in [0.15, 0.2) is 0 Å². The summed E-state index contributed by atoms with van der Waals surface area (Å²) >= 11 is 0. The highest BCUT2D eigenvalue weighted by molar-refractivity contribution is 5.73. The summed E-state index contributed by atoms with van der Waals surface area (Å²) in [6.07, 6.45) is 4.60. The first-order chi connectivity index (χ1) is 8.10. The van der Waals surface area contributed by atoms with E-state index in [4.69, 9.17) is 0 Å². The molecule has 0 spiro atoms. The fourth-order valence-corrected chi connectivity index (χ4v) is 1.60. The second-order valence-electron chi connectivity index (χ2n) is 3.64. The van der Waals surface area contributed by atoms with Crippen molar-refractivity contribution in [2.45, 2.75) is 27.2 Å². The van der Waals surface area contributed by atoms with Crippen molar-refractivity contribution < 1.29 is 4.92 Å². The summed E-state index contributed by atoms with van der Waals surface area (Å²) in [6.45, 7) is 5.62. The molecule has 0 atom stereocenters. The third-order valence-corrected chi connectivity index (χ3v) is 2.35. The lowest BCUT2D eigenvalue weighted by molar-refractivity contribution is -0.385. The third kappa shape index (κ3) is 3.24. The number of nitro benzene ring substituents is 1. The Morgan fingerprint density at radius 3 is 2.71 bits per heavy atom. The molecule has 0 saturated heterocycles. The van der Waals surface area contributed by atoms with Crippen molar-refractivity contribution in [3.63, 3.8) is 0 Å². The SMILES string of the molecule is C/C=N\C(=C/CC)c1ccc([N+](=O)[O-])c(C)c1. The second-order valence-corrected chi connectivity index (χ2v) is 3.64. The Labute approximate surface area is 101 Å². The number of hydrogen-bond donors (Lipinski definition) is 0. The van der Waals surface area contributed by atoms with Crippen LogP contribution in [-0.4, -0.2) is 11.1 Å². The molecule has 0 N–H and O–H groups in total. The van der Waals surface area contributed by atoms with Gasteiger partial charge in [0.05, 0.1) is 10.6 Å². The van der Waals surface area contributed by atoms with Gasteiger partial charge >= 0.3 is 0 Å². The van der Waals surface area contributed by atoms with Crippen molar-refractivity contribution in [2.75, 3.05) is 0 Å². The maximum atomic E-state index is 10.7. The number of allylic oxidation sites excluding steroid dienone is 1. The Balaban J connectivity index is 3.20. The van der Waals surface area contributed by atoms with E-state index in [1.807, 2.05) is 19.9 Å². The first-order valence-electron chi connectivity index (χ1n) is 5.54. The topological polar surface area (TPSA) is 55.5 Å². The van der Waals surface area contributed by atoms with E-state index in [9.17, 15) is 10.1 Å². The van der Waals surface area contributed by atoms with Gasteiger partial charge in [-0.3, -0.25) is 15.1 Å². The van der Waals surface area contributed by atoms with Crippen molar-refractivity contribution in [1.29, 1.82) is 0 Å². The molecule has 90 valence electrons. The van der Waals surface area contributed by atoms with E-state index in [1.54, 1.807) is 25.3 Å². The van der Waals surface area contributed by atoms with E-state index in [-0.39, 0.29) is 10.6 Å². The van der Waals surface area contributed by atoms with Crippen LogP contribution in [0.15, 0.2) is 29.3 Å². The normalized spacial score (nSPS) is 12.1. The number of rotatable bonds is 4. The molecule has 0 saturated carbocycles. The van der Waals surface area contributed by atoms with Crippen molar-refractivity contribution in [1.82, 2.24) is 0 Å². The van der Waals surface area contributed by atoms with Gasteiger partial charge in [0, 0.05) is 23.4 Å². The maximum Gasteiger partial charge on any atom is 0.272 e. The zero-order chi connectivity index (χ0) is 12.8. The van der Waals surface area contributed by atoms with Gasteiger partial charge in [0.25, 0.3) is 5.69 Å². The van der Waals surface area contributed by atoms with E-state index in [0.717, 1.165) is 17.7 Å². The molecular weight excluding hydrogens is 216 g/mol. The number of aliphatic imine (C=N–C) groups is 1. The molecule has 0 aliphatic heterocycles. The number of benzene rings is 1. The van der Waals surface area contributed by atoms with Gasteiger partial charge in [0.2, 0.25) is 0 Å². The largest absolute Gasteiger partial charge is 0.272 e. The standard InChI is InChI=1S/C13H16N2O2/c1-4-6-12(14-5-2)11-7-8-13(15(16)17)10(3)9-11/h5-9H,4H2,1-3H3/b12-6-,14-5-. The molecule has 0 unspecified atom stereocenters. The van der Waals surface area contributed by atoms with E-state index in [0.29, 0.717) is 5.56 Å². The van der Waals surface area contributed by atoms with Crippen molar-refractivity contribution >= 4 is 17.6 Å². The summed E-state index contributed by atoms with van der Waals surface area (Å²) in [5.74, 6) is 0. The molecular formula is C13H16N2O2. The van der Waals surface area contributed by atoms with Gasteiger partial charge in [-0.15, -0.1) is 0 Å². The smallest absolute Gasteiger partial charge is 0.261 e. The van der Waals surface area contributed by atoms with Crippen LogP contribution in [0.25, 0.3) is 5.70 Å². The van der Waals surface area contributed by atoms with Crippen LogP contribution in [0, 0.1) is 17.0 Å². The third-order valence-electron chi connectivity index (χ3n) is 2.35. The molecule has 0 bridgehead atoms. The minimum absolute atomic E-state index is 0.144. The Kier molecular flexibility index (Phi) is 4.57. The fourth-order valence-electron chi connectivity index (χ4n) is 1.60. The molecule has 1 aromatic rings. The molecule has 0 heterocycles. The summed E-state index contributed by atoms with van der Waals surface area (Å²) in [7, 11) is 0. The van der Waals surface area contributed by atoms with Gasteiger partial charge in [-0.2, -0.15) is 0 Å². The van der Waals surface area contributed by atoms with Gasteiger partial charge < -0.3 is 0 Å². The quantitative estimate of drug-likeness (QED) is 0.451. The van der Waals surface area contributed by atoms with Crippen LogP contribution in [0.2, 0.25) is 0 Å².